The number of rotatable bonds is 2. The van der Waals surface area contributed by atoms with Crippen LogP contribution in [-0.2, 0) is 11.3 Å². The molecule has 2 heterocycles. The third kappa shape index (κ3) is 2.63. The highest BCUT2D eigenvalue weighted by Crippen LogP contribution is 2.19. The van der Waals surface area contributed by atoms with Crippen LogP contribution < -0.4 is 5.73 Å². The van der Waals surface area contributed by atoms with Crippen molar-refractivity contribution < 1.29 is 4.79 Å². The molecule has 1 aliphatic rings. The van der Waals surface area contributed by atoms with Gasteiger partial charge in [-0.05, 0) is 12.5 Å². The summed E-state index contributed by atoms with van der Waals surface area (Å²) in [5.41, 5.74) is 6.31. The van der Waals surface area contributed by atoms with E-state index in [1.807, 2.05) is 16.3 Å². The average Bonchev–Trinajstić information content (AvgIpc) is 2.87. The van der Waals surface area contributed by atoms with E-state index in [0.29, 0.717) is 13.0 Å². The van der Waals surface area contributed by atoms with Crippen LogP contribution in [0.25, 0.3) is 0 Å². The fourth-order valence-corrected chi connectivity index (χ4v) is 2.57. The van der Waals surface area contributed by atoms with E-state index >= 15 is 0 Å². The van der Waals surface area contributed by atoms with Gasteiger partial charge in [0.05, 0.1) is 13.1 Å². The molecule has 1 amide bonds. The van der Waals surface area contributed by atoms with Gasteiger partial charge in [-0.1, -0.05) is 11.8 Å². The Morgan fingerprint density at radius 3 is 3.12 bits per heavy atom. The largest absolute Gasteiger partial charge is 0.338 e. The molecular weight excluding hydrogens is 220 g/mol. The lowest BCUT2D eigenvalue weighted by atomic mass is 10.3. The van der Waals surface area contributed by atoms with Gasteiger partial charge < -0.3 is 10.6 Å². The first-order valence-corrected chi connectivity index (χ1v) is 6.21. The lowest BCUT2D eigenvalue weighted by Crippen LogP contribution is -2.23. The molecule has 1 aliphatic heterocycles. The van der Waals surface area contributed by atoms with Crippen molar-refractivity contribution in [1.82, 2.24) is 4.90 Å². The molecule has 1 saturated heterocycles. The Labute approximate surface area is 99.2 Å². The summed E-state index contributed by atoms with van der Waals surface area (Å²) in [6.07, 6.45) is 1.69. The summed E-state index contributed by atoms with van der Waals surface area (Å²) >= 11 is 1.65. The second-order valence-corrected chi connectivity index (χ2v) is 4.72. The molecule has 2 rings (SSSR count). The number of carbonyl (C=O) groups excluding carboxylic acids is 1. The Hall–Kier alpha value is -1.31. The summed E-state index contributed by atoms with van der Waals surface area (Å²) in [4.78, 5) is 14.5. The number of nitrogens with zero attached hydrogens (tertiary/aromatic N) is 1. The van der Waals surface area contributed by atoms with Gasteiger partial charge in [0.15, 0.2) is 0 Å². The minimum absolute atomic E-state index is 0.267. The summed E-state index contributed by atoms with van der Waals surface area (Å²) in [7, 11) is 0. The monoisotopic (exact) mass is 234 g/mol. The molecule has 3 nitrogen and oxygen atoms in total. The van der Waals surface area contributed by atoms with Crippen LogP contribution in [0.1, 0.15) is 23.3 Å². The standard InChI is InChI=1S/C12H14N2OS/c13-5-1-3-10-7-11(16-9-10)8-14-6-2-4-12(14)15/h7,9H,2,4-6,8,13H2. The minimum Gasteiger partial charge on any atom is -0.338 e. The molecule has 1 aromatic heterocycles. The van der Waals surface area contributed by atoms with Gasteiger partial charge in [0.25, 0.3) is 0 Å². The molecular formula is C12H14N2OS. The van der Waals surface area contributed by atoms with Gasteiger partial charge in [-0.3, -0.25) is 4.79 Å². The first kappa shape index (κ1) is 11.2. The van der Waals surface area contributed by atoms with Gasteiger partial charge in [-0.2, -0.15) is 0 Å². The first-order chi connectivity index (χ1) is 7.79. The van der Waals surface area contributed by atoms with Crippen molar-refractivity contribution in [2.75, 3.05) is 13.1 Å². The van der Waals surface area contributed by atoms with E-state index in [0.717, 1.165) is 25.1 Å². The lowest BCUT2D eigenvalue weighted by molar-refractivity contribution is -0.128. The maximum absolute atomic E-state index is 11.4. The zero-order chi connectivity index (χ0) is 11.4. The van der Waals surface area contributed by atoms with E-state index in [-0.39, 0.29) is 5.91 Å². The topological polar surface area (TPSA) is 46.3 Å². The predicted molar refractivity (Wildman–Crippen MR) is 64.9 cm³/mol. The van der Waals surface area contributed by atoms with Crippen molar-refractivity contribution in [3.63, 3.8) is 0 Å². The highest BCUT2D eigenvalue weighted by Gasteiger charge is 2.20. The van der Waals surface area contributed by atoms with E-state index in [1.165, 1.54) is 4.88 Å². The number of thiophene rings is 1. The zero-order valence-corrected chi connectivity index (χ0v) is 9.85. The number of carbonyl (C=O) groups is 1. The molecule has 0 saturated carbocycles. The van der Waals surface area contributed by atoms with Crippen molar-refractivity contribution in [2.24, 2.45) is 5.73 Å². The number of likely N-dealkylation sites (tertiary alicyclic amines) is 1. The quantitative estimate of drug-likeness (QED) is 0.781. The fraction of sp³-hybridized carbons (Fsp3) is 0.417. The van der Waals surface area contributed by atoms with Crippen LogP contribution in [0.15, 0.2) is 11.4 Å². The molecule has 0 atom stereocenters. The number of amides is 1. The third-order valence-corrected chi connectivity index (χ3v) is 3.43. The zero-order valence-electron chi connectivity index (χ0n) is 9.03. The molecule has 0 radical (unpaired) electrons. The third-order valence-electron chi connectivity index (χ3n) is 2.51. The van der Waals surface area contributed by atoms with Crippen LogP contribution in [-0.4, -0.2) is 23.9 Å². The minimum atomic E-state index is 0.267. The molecule has 0 spiro atoms. The van der Waals surface area contributed by atoms with Crippen LogP contribution >= 0.6 is 11.3 Å². The van der Waals surface area contributed by atoms with E-state index in [4.69, 9.17) is 5.73 Å². The average molecular weight is 234 g/mol. The van der Waals surface area contributed by atoms with E-state index in [2.05, 4.69) is 11.8 Å². The van der Waals surface area contributed by atoms with Gasteiger partial charge in [-0.25, -0.2) is 0 Å². The van der Waals surface area contributed by atoms with Crippen molar-refractivity contribution >= 4 is 17.2 Å². The van der Waals surface area contributed by atoms with E-state index < -0.39 is 0 Å². The van der Waals surface area contributed by atoms with E-state index in [9.17, 15) is 4.79 Å². The number of hydrogen-bond acceptors (Lipinski definition) is 3. The van der Waals surface area contributed by atoms with Gasteiger partial charge in [0.1, 0.15) is 0 Å². The van der Waals surface area contributed by atoms with Gasteiger partial charge in [0, 0.05) is 28.8 Å². The van der Waals surface area contributed by atoms with Crippen LogP contribution in [0.3, 0.4) is 0 Å². The highest BCUT2D eigenvalue weighted by molar-refractivity contribution is 7.10. The molecule has 84 valence electrons. The Morgan fingerprint density at radius 2 is 2.44 bits per heavy atom. The Morgan fingerprint density at radius 1 is 1.56 bits per heavy atom. The Kier molecular flexibility index (Phi) is 3.60. The van der Waals surface area contributed by atoms with Crippen LogP contribution in [0.5, 0.6) is 0 Å². The highest BCUT2D eigenvalue weighted by atomic mass is 32.1. The van der Waals surface area contributed by atoms with Gasteiger partial charge in [0.2, 0.25) is 5.91 Å². The summed E-state index contributed by atoms with van der Waals surface area (Å²) in [6.45, 7) is 2.00. The number of hydrogen-bond donors (Lipinski definition) is 1. The fourth-order valence-electron chi connectivity index (χ4n) is 1.74. The summed E-state index contributed by atoms with van der Waals surface area (Å²) in [5, 5.41) is 2.01. The van der Waals surface area contributed by atoms with Crippen molar-refractivity contribution in [3.05, 3.63) is 21.9 Å². The lowest BCUT2D eigenvalue weighted by Gasteiger charge is -2.13. The van der Waals surface area contributed by atoms with Crippen molar-refractivity contribution in [3.8, 4) is 11.8 Å². The molecule has 0 bridgehead atoms. The first-order valence-electron chi connectivity index (χ1n) is 5.33. The van der Waals surface area contributed by atoms with Crippen molar-refractivity contribution in [2.45, 2.75) is 19.4 Å². The van der Waals surface area contributed by atoms with Gasteiger partial charge in [-0.15, -0.1) is 11.3 Å². The smallest absolute Gasteiger partial charge is 0.222 e. The van der Waals surface area contributed by atoms with Crippen molar-refractivity contribution in [1.29, 1.82) is 0 Å². The molecule has 0 aliphatic carbocycles. The second-order valence-electron chi connectivity index (χ2n) is 3.73. The van der Waals surface area contributed by atoms with Crippen LogP contribution in [0, 0.1) is 11.8 Å². The molecule has 1 aromatic rings. The summed E-state index contributed by atoms with van der Waals surface area (Å²) in [6, 6.07) is 2.04. The molecule has 4 heteroatoms. The Bertz CT molecular complexity index is 441. The Balaban J connectivity index is 1.99. The molecule has 1 fully saturated rings. The second kappa shape index (κ2) is 5.15. The normalized spacial score (nSPS) is 15.1. The molecule has 0 unspecified atom stereocenters. The van der Waals surface area contributed by atoms with Crippen LogP contribution in [0.2, 0.25) is 0 Å². The maximum atomic E-state index is 11.4. The summed E-state index contributed by atoms with van der Waals surface area (Å²) in [5.74, 6) is 6.08. The SMILES string of the molecule is NCC#Cc1csc(CN2CCCC2=O)c1. The van der Waals surface area contributed by atoms with Crippen LogP contribution in [0.4, 0.5) is 0 Å². The predicted octanol–water partition coefficient (Wildman–Crippen LogP) is 1.18. The molecule has 2 N–H and O–H groups in total. The molecule has 16 heavy (non-hydrogen) atoms. The summed E-state index contributed by atoms with van der Waals surface area (Å²) < 4.78 is 0. The molecule has 0 aromatic carbocycles. The van der Waals surface area contributed by atoms with E-state index in [1.54, 1.807) is 11.3 Å². The van der Waals surface area contributed by atoms with Gasteiger partial charge >= 0.3 is 0 Å². The number of nitrogens with two attached hydrogens (primary N) is 1. The maximum Gasteiger partial charge on any atom is 0.222 e.